The zero-order valence-electron chi connectivity index (χ0n) is 6.43. The molecule has 56 valence electrons. The van der Waals surface area contributed by atoms with E-state index in [1.54, 1.807) is 21.3 Å². The van der Waals surface area contributed by atoms with Crippen molar-refractivity contribution in [1.82, 2.24) is 0 Å². The van der Waals surface area contributed by atoms with E-state index in [1.807, 2.05) is 6.92 Å². The second-order valence-electron chi connectivity index (χ2n) is 1.98. The molecule has 0 heterocycles. The Labute approximate surface area is 55.9 Å². The van der Waals surface area contributed by atoms with E-state index in [4.69, 9.17) is 14.2 Å². The first-order valence-electron chi connectivity index (χ1n) is 2.78. The van der Waals surface area contributed by atoms with Crippen LogP contribution in [0.1, 0.15) is 6.92 Å². The van der Waals surface area contributed by atoms with Gasteiger partial charge in [0, 0.05) is 21.3 Å². The lowest BCUT2D eigenvalue weighted by Gasteiger charge is -2.24. The Kier molecular flexibility index (Phi) is 3.77. The summed E-state index contributed by atoms with van der Waals surface area (Å²) in [6, 6.07) is 0. The maximum absolute atomic E-state index is 4.98. The summed E-state index contributed by atoms with van der Waals surface area (Å²) in [6.07, 6.45) is 0. The molecule has 0 saturated carbocycles. The number of hydrogen-bond donors (Lipinski definition) is 0. The standard InChI is InChI=1S/C6H14O3/c1-6(8-3,9-4)5-7-2/h5H2,1-4H3. The van der Waals surface area contributed by atoms with Gasteiger partial charge in [-0.05, 0) is 6.92 Å². The molecule has 0 saturated heterocycles. The van der Waals surface area contributed by atoms with Crippen molar-refractivity contribution in [2.75, 3.05) is 27.9 Å². The van der Waals surface area contributed by atoms with Gasteiger partial charge in [-0.15, -0.1) is 0 Å². The first kappa shape index (κ1) is 8.88. The summed E-state index contributed by atoms with van der Waals surface area (Å²) in [4.78, 5) is 0. The molecule has 3 heteroatoms. The van der Waals surface area contributed by atoms with Gasteiger partial charge in [-0.1, -0.05) is 0 Å². The van der Waals surface area contributed by atoms with E-state index in [1.165, 1.54) is 0 Å². The molecule has 0 fully saturated rings. The summed E-state index contributed by atoms with van der Waals surface area (Å²) in [5.74, 6) is -0.589. The number of rotatable bonds is 4. The largest absolute Gasteiger partial charge is 0.379 e. The molecule has 0 aliphatic heterocycles. The fraction of sp³-hybridized carbons (Fsp3) is 1.00. The Hall–Kier alpha value is -0.120. The third kappa shape index (κ3) is 2.79. The van der Waals surface area contributed by atoms with Crippen molar-refractivity contribution in [3.05, 3.63) is 0 Å². The van der Waals surface area contributed by atoms with Gasteiger partial charge in [-0.2, -0.15) is 0 Å². The molecule has 0 aromatic heterocycles. The topological polar surface area (TPSA) is 27.7 Å². The molecule has 0 unspecified atom stereocenters. The Morgan fingerprint density at radius 3 is 1.67 bits per heavy atom. The highest BCUT2D eigenvalue weighted by Crippen LogP contribution is 2.08. The smallest absolute Gasteiger partial charge is 0.188 e. The second kappa shape index (κ2) is 3.82. The van der Waals surface area contributed by atoms with Gasteiger partial charge in [0.2, 0.25) is 0 Å². The minimum atomic E-state index is -0.589. The fourth-order valence-electron chi connectivity index (χ4n) is 0.463. The van der Waals surface area contributed by atoms with Gasteiger partial charge >= 0.3 is 0 Å². The zero-order chi connectivity index (χ0) is 7.33. The molecule has 3 nitrogen and oxygen atoms in total. The molecule has 0 radical (unpaired) electrons. The molecular formula is C6H14O3. The molecule has 0 N–H and O–H groups in total. The van der Waals surface area contributed by atoms with Crippen LogP contribution in [0.25, 0.3) is 0 Å². The van der Waals surface area contributed by atoms with E-state index in [2.05, 4.69) is 0 Å². The van der Waals surface area contributed by atoms with Crippen LogP contribution in [0.15, 0.2) is 0 Å². The summed E-state index contributed by atoms with van der Waals surface area (Å²) in [5.41, 5.74) is 0. The molecule has 0 amide bonds. The van der Waals surface area contributed by atoms with Gasteiger partial charge in [0.15, 0.2) is 5.79 Å². The van der Waals surface area contributed by atoms with Crippen LogP contribution in [-0.2, 0) is 14.2 Å². The first-order valence-corrected chi connectivity index (χ1v) is 2.78. The van der Waals surface area contributed by atoms with Gasteiger partial charge in [0.25, 0.3) is 0 Å². The van der Waals surface area contributed by atoms with Crippen LogP contribution in [0.3, 0.4) is 0 Å². The van der Waals surface area contributed by atoms with Gasteiger partial charge in [-0.3, -0.25) is 0 Å². The summed E-state index contributed by atoms with van der Waals surface area (Å²) in [6.45, 7) is 2.26. The lowest BCUT2D eigenvalue weighted by Crippen LogP contribution is -2.34. The van der Waals surface area contributed by atoms with E-state index >= 15 is 0 Å². The quantitative estimate of drug-likeness (QED) is 0.528. The molecule has 0 atom stereocenters. The molecule has 0 bridgehead atoms. The molecule has 0 aliphatic carbocycles. The predicted molar refractivity (Wildman–Crippen MR) is 34.3 cm³/mol. The van der Waals surface area contributed by atoms with Crippen LogP contribution >= 0.6 is 0 Å². The van der Waals surface area contributed by atoms with Crippen molar-refractivity contribution in [1.29, 1.82) is 0 Å². The fourth-order valence-corrected chi connectivity index (χ4v) is 0.463. The minimum Gasteiger partial charge on any atom is -0.379 e. The number of methoxy groups -OCH3 is 3. The van der Waals surface area contributed by atoms with Gasteiger partial charge in [0.1, 0.15) is 0 Å². The maximum Gasteiger partial charge on any atom is 0.188 e. The summed E-state index contributed by atoms with van der Waals surface area (Å²) >= 11 is 0. The summed E-state index contributed by atoms with van der Waals surface area (Å²) in [7, 11) is 4.78. The molecule has 0 aromatic carbocycles. The average molecular weight is 134 g/mol. The van der Waals surface area contributed by atoms with Crippen LogP contribution in [0.4, 0.5) is 0 Å². The van der Waals surface area contributed by atoms with Crippen LogP contribution in [0, 0.1) is 0 Å². The Balaban J connectivity index is 3.62. The highest BCUT2D eigenvalue weighted by molar-refractivity contribution is 4.57. The first-order chi connectivity index (χ1) is 4.18. The average Bonchev–Trinajstić information content (AvgIpc) is 1.89. The molecule has 9 heavy (non-hydrogen) atoms. The number of hydrogen-bond acceptors (Lipinski definition) is 3. The van der Waals surface area contributed by atoms with Crippen molar-refractivity contribution in [3.63, 3.8) is 0 Å². The van der Waals surface area contributed by atoms with Crippen molar-refractivity contribution < 1.29 is 14.2 Å². The summed E-state index contributed by atoms with van der Waals surface area (Å²) in [5, 5.41) is 0. The van der Waals surface area contributed by atoms with Crippen LogP contribution in [0.2, 0.25) is 0 Å². The third-order valence-corrected chi connectivity index (χ3v) is 1.27. The maximum atomic E-state index is 4.98. The molecule has 0 spiro atoms. The lowest BCUT2D eigenvalue weighted by atomic mass is 10.3. The van der Waals surface area contributed by atoms with E-state index in [0.29, 0.717) is 6.61 Å². The SMILES string of the molecule is COCC(C)(OC)OC. The molecule has 0 aromatic rings. The molecule has 0 aliphatic rings. The summed E-state index contributed by atoms with van der Waals surface area (Å²) < 4.78 is 14.8. The van der Waals surface area contributed by atoms with Crippen LogP contribution < -0.4 is 0 Å². The molecule has 0 rings (SSSR count). The third-order valence-electron chi connectivity index (χ3n) is 1.27. The van der Waals surface area contributed by atoms with E-state index in [0.717, 1.165) is 0 Å². The van der Waals surface area contributed by atoms with Gasteiger partial charge < -0.3 is 14.2 Å². The Morgan fingerprint density at radius 2 is 1.56 bits per heavy atom. The van der Waals surface area contributed by atoms with Crippen LogP contribution in [-0.4, -0.2) is 33.7 Å². The van der Waals surface area contributed by atoms with E-state index in [9.17, 15) is 0 Å². The predicted octanol–water partition coefficient (Wildman–Crippen LogP) is 0.642. The highest BCUT2D eigenvalue weighted by atomic mass is 16.7. The minimum absolute atomic E-state index is 0.444. The Morgan fingerprint density at radius 1 is 1.11 bits per heavy atom. The van der Waals surface area contributed by atoms with Crippen LogP contribution in [0.5, 0.6) is 0 Å². The van der Waals surface area contributed by atoms with Gasteiger partial charge in [0.05, 0.1) is 6.61 Å². The van der Waals surface area contributed by atoms with E-state index in [-0.39, 0.29) is 0 Å². The van der Waals surface area contributed by atoms with Crippen molar-refractivity contribution in [2.45, 2.75) is 12.7 Å². The highest BCUT2D eigenvalue weighted by Gasteiger charge is 2.21. The normalized spacial score (nSPS) is 12.0. The van der Waals surface area contributed by atoms with Crippen molar-refractivity contribution >= 4 is 0 Å². The number of ether oxygens (including phenoxy) is 3. The Bertz CT molecular complexity index is 68.7. The van der Waals surface area contributed by atoms with Crippen molar-refractivity contribution in [3.8, 4) is 0 Å². The van der Waals surface area contributed by atoms with Crippen molar-refractivity contribution in [2.24, 2.45) is 0 Å². The lowest BCUT2D eigenvalue weighted by molar-refractivity contribution is -0.218. The zero-order valence-corrected chi connectivity index (χ0v) is 6.43. The monoisotopic (exact) mass is 134 g/mol. The molecular weight excluding hydrogens is 120 g/mol. The van der Waals surface area contributed by atoms with Gasteiger partial charge in [-0.25, -0.2) is 0 Å². The second-order valence-corrected chi connectivity index (χ2v) is 1.98. The van der Waals surface area contributed by atoms with E-state index < -0.39 is 5.79 Å².